The van der Waals surface area contributed by atoms with Crippen LogP contribution in [0.2, 0.25) is 0 Å². The molecule has 18 heavy (non-hydrogen) atoms. The fourth-order valence-corrected chi connectivity index (χ4v) is 1.04. The summed E-state index contributed by atoms with van der Waals surface area (Å²) in [4.78, 5) is 7.36. The third kappa shape index (κ3) is 4.28. The standard InChI is InChI=1S/2C6H5BFN/c2*1-4-6(8)2-5(7)3-9-4/h2*2-3H,1H3. The topological polar surface area (TPSA) is 25.8 Å². The molecule has 0 unspecified atom stereocenters. The summed E-state index contributed by atoms with van der Waals surface area (Å²) in [5.74, 6) is -0.704. The van der Waals surface area contributed by atoms with Crippen LogP contribution in [0, 0.1) is 25.5 Å². The van der Waals surface area contributed by atoms with Crippen molar-refractivity contribution in [1.82, 2.24) is 9.97 Å². The molecule has 0 spiro atoms. The second-order valence-corrected chi connectivity index (χ2v) is 3.67. The second kappa shape index (κ2) is 6.28. The van der Waals surface area contributed by atoms with Crippen molar-refractivity contribution in [3.63, 3.8) is 0 Å². The summed E-state index contributed by atoms with van der Waals surface area (Å²) >= 11 is 0. The maximum atomic E-state index is 12.4. The minimum Gasteiger partial charge on any atom is -0.259 e. The molecule has 0 bridgehead atoms. The first-order valence-corrected chi connectivity index (χ1v) is 5.15. The van der Waals surface area contributed by atoms with Crippen molar-refractivity contribution in [2.24, 2.45) is 0 Å². The van der Waals surface area contributed by atoms with Gasteiger partial charge in [-0.1, -0.05) is 10.9 Å². The lowest BCUT2D eigenvalue weighted by Crippen LogP contribution is -2.05. The molecular formula is C12H10B2F2N2. The molecule has 0 amide bonds. The fourth-order valence-electron chi connectivity index (χ4n) is 1.04. The summed E-state index contributed by atoms with van der Waals surface area (Å²) in [6.07, 6.45) is 2.86. The van der Waals surface area contributed by atoms with E-state index < -0.39 is 0 Å². The first-order chi connectivity index (χ1) is 8.40. The third-order valence-electron chi connectivity index (χ3n) is 2.09. The predicted octanol–water partition coefficient (Wildman–Crippen LogP) is 0.646. The molecule has 0 N–H and O–H groups in total. The molecule has 2 aromatic rings. The number of rotatable bonds is 0. The van der Waals surface area contributed by atoms with Crippen LogP contribution >= 0.6 is 0 Å². The Morgan fingerprint density at radius 1 is 0.833 bits per heavy atom. The zero-order valence-electron chi connectivity index (χ0n) is 10.1. The zero-order valence-corrected chi connectivity index (χ0v) is 10.1. The van der Waals surface area contributed by atoms with E-state index in [1.54, 1.807) is 13.8 Å². The van der Waals surface area contributed by atoms with E-state index in [2.05, 4.69) is 9.97 Å². The summed E-state index contributed by atoms with van der Waals surface area (Å²) in [5.41, 5.74) is 1.48. The Kier molecular flexibility index (Phi) is 5.01. The van der Waals surface area contributed by atoms with Gasteiger partial charge in [0.05, 0.1) is 11.4 Å². The van der Waals surface area contributed by atoms with Crippen molar-refractivity contribution in [3.05, 3.63) is 47.5 Å². The van der Waals surface area contributed by atoms with Gasteiger partial charge in [-0.05, 0) is 26.0 Å². The fraction of sp³-hybridized carbons (Fsp3) is 0.167. The number of hydrogen-bond donors (Lipinski definition) is 0. The van der Waals surface area contributed by atoms with Crippen molar-refractivity contribution in [1.29, 1.82) is 0 Å². The molecule has 4 radical (unpaired) electrons. The van der Waals surface area contributed by atoms with Gasteiger partial charge >= 0.3 is 0 Å². The van der Waals surface area contributed by atoms with E-state index in [1.807, 2.05) is 0 Å². The maximum absolute atomic E-state index is 12.4. The third-order valence-corrected chi connectivity index (χ3v) is 2.09. The summed E-state index contributed by atoms with van der Waals surface area (Å²) in [6, 6.07) is 2.50. The number of aromatic nitrogens is 2. The van der Waals surface area contributed by atoms with Gasteiger partial charge in [0.25, 0.3) is 0 Å². The molecule has 2 heterocycles. The molecule has 2 nitrogen and oxygen atoms in total. The van der Waals surface area contributed by atoms with E-state index in [1.165, 1.54) is 24.5 Å². The van der Waals surface area contributed by atoms with Gasteiger partial charge in [-0.25, -0.2) is 8.78 Å². The highest BCUT2D eigenvalue weighted by molar-refractivity contribution is 6.32. The number of hydrogen-bond acceptors (Lipinski definition) is 2. The van der Waals surface area contributed by atoms with Gasteiger partial charge < -0.3 is 0 Å². The molecule has 6 heteroatoms. The van der Waals surface area contributed by atoms with Crippen molar-refractivity contribution in [2.75, 3.05) is 0 Å². The average Bonchev–Trinajstić information content (AvgIpc) is 2.30. The van der Waals surface area contributed by atoms with Crippen LogP contribution in [0.3, 0.4) is 0 Å². The highest BCUT2D eigenvalue weighted by Gasteiger charge is 1.95. The van der Waals surface area contributed by atoms with Gasteiger partial charge in [-0.2, -0.15) is 0 Å². The number of pyridine rings is 2. The Labute approximate surface area is 107 Å². The predicted molar refractivity (Wildman–Crippen MR) is 68.6 cm³/mol. The lowest BCUT2D eigenvalue weighted by Gasteiger charge is -1.94. The van der Waals surface area contributed by atoms with Crippen molar-refractivity contribution < 1.29 is 8.78 Å². The molecule has 0 saturated carbocycles. The van der Waals surface area contributed by atoms with Crippen LogP contribution in [-0.4, -0.2) is 25.7 Å². The molecule has 0 aliphatic carbocycles. The van der Waals surface area contributed by atoms with Crippen LogP contribution < -0.4 is 10.9 Å². The van der Waals surface area contributed by atoms with Gasteiger partial charge in [0.2, 0.25) is 0 Å². The van der Waals surface area contributed by atoms with Crippen LogP contribution in [0.15, 0.2) is 24.5 Å². The molecule has 88 valence electrons. The Balaban J connectivity index is 0.000000180. The summed E-state index contributed by atoms with van der Waals surface area (Å²) < 4.78 is 24.9. The number of aryl methyl sites for hydroxylation is 2. The molecule has 0 aromatic carbocycles. The number of nitrogens with zero attached hydrogens (tertiary/aromatic N) is 2. The lowest BCUT2D eigenvalue weighted by atomic mass is 9.99. The molecule has 0 fully saturated rings. The minimum atomic E-state index is -0.352. The van der Waals surface area contributed by atoms with Gasteiger partial charge in [0.1, 0.15) is 27.3 Å². The molecule has 2 rings (SSSR count). The Hall–Kier alpha value is -1.71. The van der Waals surface area contributed by atoms with E-state index in [-0.39, 0.29) is 11.6 Å². The SMILES string of the molecule is [B]c1cnc(C)c(F)c1.[B]c1cnc(C)c(F)c1. The van der Waals surface area contributed by atoms with Gasteiger partial charge in [0.15, 0.2) is 0 Å². The Morgan fingerprint density at radius 2 is 1.17 bits per heavy atom. The van der Waals surface area contributed by atoms with Crippen molar-refractivity contribution >= 4 is 26.6 Å². The van der Waals surface area contributed by atoms with E-state index in [4.69, 9.17) is 15.7 Å². The molecule has 0 aliphatic rings. The van der Waals surface area contributed by atoms with E-state index in [0.29, 0.717) is 22.3 Å². The zero-order chi connectivity index (χ0) is 13.7. The molecule has 0 saturated heterocycles. The average molecular weight is 242 g/mol. The first kappa shape index (κ1) is 14.4. The van der Waals surface area contributed by atoms with E-state index in [0.717, 1.165) is 0 Å². The van der Waals surface area contributed by atoms with Crippen LogP contribution in [0.4, 0.5) is 8.78 Å². The molecule has 0 aliphatic heterocycles. The minimum absolute atomic E-state index is 0.352. The molecule has 2 aromatic heterocycles. The second-order valence-electron chi connectivity index (χ2n) is 3.67. The molecular weight excluding hydrogens is 232 g/mol. The Morgan fingerprint density at radius 3 is 1.39 bits per heavy atom. The number of halogens is 2. The Bertz CT molecular complexity index is 498. The lowest BCUT2D eigenvalue weighted by molar-refractivity contribution is 0.611. The first-order valence-electron chi connectivity index (χ1n) is 5.15. The quantitative estimate of drug-likeness (QED) is 0.633. The van der Waals surface area contributed by atoms with Crippen molar-refractivity contribution in [2.45, 2.75) is 13.8 Å². The normalized spacial score (nSPS) is 9.56. The van der Waals surface area contributed by atoms with Gasteiger partial charge in [-0.3, -0.25) is 9.97 Å². The van der Waals surface area contributed by atoms with Crippen molar-refractivity contribution in [3.8, 4) is 0 Å². The summed E-state index contributed by atoms with van der Waals surface area (Å²) in [6.45, 7) is 3.18. The largest absolute Gasteiger partial charge is 0.259 e. The maximum Gasteiger partial charge on any atom is 0.143 e. The van der Waals surface area contributed by atoms with Crippen LogP contribution in [0.25, 0.3) is 0 Å². The monoisotopic (exact) mass is 242 g/mol. The van der Waals surface area contributed by atoms with Crippen LogP contribution in [0.5, 0.6) is 0 Å². The van der Waals surface area contributed by atoms with Crippen LogP contribution in [-0.2, 0) is 0 Å². The van der Waals surface area contributed by atoms with E-state index >= 15 is 0 Å². The van der Waals surface area contributed by atoms with Gasteiger partial charge in [-0.15, -0.1) is 0 Å². The van der Waals surface area contributed by atoms with Gasteiger partial charge in [0, 0.05) is 12.4 Å². The highest BCUT2D eigenvalue weighted by atomic mass is 19.1. The smallest absolute Gasteiger partial charge is 0.143 e. The molecule has 0 atom stereocenters. The van der Waals surface area contributed by atoms with E-state index in [9.17, 15) is 8.78 Å². The van der Waals surface area contributed by atoms with Crippen LogP contribution in [0.1, 0.15) is 11.4 Å². The summed E-state index contributed by atoms with van der Waals surface area (Å²) in [7, 11) is 10.4. The highest BCUT2D eigenvalue weighted by Crippen LogP contribution is 1.96. The summed E-state index contributed by atoms with van der Waals surface area (Å²) in [5, 5.41) is 0.